The fourth-order valence-corrected chi connectivity index (χ4v) is 1.73. The first-order valence-corrected chi connectivity index (χ1v) is 6.56. The monoisotopic (exact) mass is 243 g/mol. The quantitative estimate of drug-likeness (QED) is 0.780. The van der Waals surface area contributed by atoms with Crippen molar-refractivity contribution in [2.24, 2.45) is 0 Å². The van der Waals surface area contributed by atoms with Crippen LogP contribution in [-0.4, -0.2) is 25.7 Å². The van der Waals surface area contributed by atoms with Gasteiger partial charge in [0.1, 0.15) is 5.75 Å². The molecule has 1 amide bonds. The third kappa shape index (κ3) is 2.96. The van der Waals surface area contributed by atoms with E-state index in [1.165, 1.54) is 12.1 Å². The summed E-state index contributed by atoms with van der Waals surface area (Å²) in [6.45, 7) is 1.68. The number of hydrogen-bond donors (Lipinski definition) is 2. The number of carbonyl (C=O) groups is 1. The average molecular weight is 243 g/mol. The Morgan fingerprint density at radius 2 is 2.06 bits per heavy atom. The van der Waals surface area contributed by atoms with Gasteiger partial charge in [0, 0.05) is 18.7 Å². The number of rotatable bonds is 3. The van der Waals surface area contributed by atoms with E-state index in [0.29, 0.717) is 0 Å². The van der Waals surface area contributed by atoms with Crippen LogP contribution in [0, 0.1) is 0 Å². The second-order valence-corrected chi connectivity index (χ2v) is 5.37. The molecule has 5 nitrogen and oxygen atoms in total. The van der Waals surface area contributed by atoms with Gasteiger partial charge in [0.2, 0.25) is 5.91 Å². The molecule has 0 aliphatic rings. The molecule has 2 N–H and O–H groups in total. The van der Waals surface area contributed by atoms with Crippen molar-refractivity contribution in [3.8, 4) is 5.75 Å². The van der Waals surface area contributed by atoms with E-state index in [4.69, 9.17) is 0 Å². The van der Waals surface area contributed by atoms with Crippen LogP contribution in [0.1, 0.15) is 13.3 Å². The Morgan fingerprint density at radius 3 is 2.50 bits per heavy atom. The summed E-state index contributed by atoms with van der Waals surface area (Å²) >= 11 is 0. The maximum Gasteiger partial charge on any atom is 0.224 e. The largest absolute Gasteiger partial charge is 0.506 e. The van der Waals surface area contributed by atoms with Crippen LogP contribution in [0.5, 0.6) is 5.75 Å². The number of anilines is 1. The minimum atomic E-state index is -3.35. The highest BCUT2D eigenvalue weighted by Crippen LogP contribution is 2.26. The van der Waals surface area contributed by atoms with Crippen molar-refractivity contribution in [2.75, 3.05) is 11.6 Å². The van der Waals surface area contributed by atoms with Crippen molar-refractivity contribution in [2.45, 2.75) is 18.2 Å². The number of phenols is 1. The molecular weight excluding hydrogens is 230 g/mol. The van der Waals surface area contributed by atoms with Gasteiger partial charge in [-0.25, -0.2) is 8.42 Å². The van der Waals surface area contributed by atoms with Gasteiger partial charge in [-0.2, -0.15) is 0 Å². The van der Waals surface area contributed by atoms with E-state index >= 15 is 0 Å². The maximum absolute atomic E-state index is 11.2. The first kappa shape index (κ1) is 12.5. The molecule has 0 spiro atoms. The predicted molar refractivity (Wildman–Crippen MR) is 60.1 cm³/mol. The summed E-state index contributed by atoms with van der Waals surface area (Å²) in [4.78, 5) is 11.1. The summed E-state index contributed by atoms with van der Waals surface area (Å²) in [5.41, 5.74) is 0.208. The second-order valence-electron chi connectivity index (χ2n) is 3.35. The summed E-state index contributed by atoms with van der Waals surface area (Å²) < 4.78 is 22.4. The molecular formula is C10H13NO4S. The summed E-state index contributed by atoms with van der Waals surface area (Å²) in [5, 5.41) is 12.0. The number of benzene rings is 1. The number of nitrogens with one attached hydrogen (secondary N) is 1. The molecule has 0 saturated carbocycles. The lowest BCUT2D eigenvalue weighted by molar-refractivity contribution is -0.115. The minimum Gasteiger partial charge on any atom is -0.506 e. The number of carbonyl (C=O) groups excluding carboxylic acids is 1. The molecule has 0 aliphatic carbocycles. The lowest BCUT2D eigenvalue weighted by Crippen LogP contribution is -2.09. The third-order valence-electron chi connectivity index (χ3n) is 1.99. The highest BCUT2D eigenvalue weighted by Gasteiger charge is 2.11. The van der Waals surface area contributed by atoms with Crippen molar-refractivity contribution in [3.05, 3.63) is 18.2 Å². The van der Waals surface area contributed by atoms with Crippen LogP contribution < -0.4 is 5.32 Å². The molecule has 1 aromatic carbocycles. The summed E-state index contributed by atoms with van der Waals surface area (Å²) in [6.07, 6.45) is 1.33. The lowest BCUT2D eigenvalue weighted by atomic mass is 10.3. The Balaban J connectivity index is 3.06. The second kappa shape index (κ2) is 4.52. The zero-order valence-electron chi connectivity index (χ0n) is 9.02. The van der Waals surface area contributed by atoms with Crippen LogP contribution in [0.3, 0.4) is 0 Å². The number of phenolic OH excluding ortho intramolecular Hbond substituents is 1. The molecule has 0 aliphatic heterocycles. The van der Waals surface area contributed by atoms with Crippen LogP contribution in [0.15, 0.2) is 23.1 Å². The van der Waals surface area contributed by atoms with Gasteiger partial charge in [-0.05, 0) is 12.1 Å². The van der Waals surface area contributed by atoms with Crippen LogP contribution >= 0.6 is 0 Å². The number of amides is 1. The van der Waals surface area contributed by atoms with Gasteiger partial charge in [0.05, 0.1) is 10.6 Å². The molecule has 88 valence electrons. The van der Waals surface area contributed by atoms with E-state index in [-0.39, 0.29) is 28.7 Å². The van der Waals surface area contributed by atoms with Crippen LogP contribution in [0.4, 0.5) is 5.69 Å². The van der Waals surface area contributed by atoms with Gasteiger partial charge in [-0.15, -0.1) is 0 Å². The van der Waals surface area contributed by atoms with E-state index in [2.05, 4.69) is 5.32 Å². The van der Waals surface area contributed by atoms with E-state index < -0.39 is 9.84 Å². The molecule has 0 radical (unpaired) electrons. The molecule has 0 aromatic heterocycles. The lowest BCUT2D eigenvalue weighted by Gasteiger charge is -2.07. The highest BCUT2D eigenvalue weighted by atomic mass is 32.2. The van der Waals surface area contributed by atoms with Crippen LogP contribution in [0.2, 0.25) is 0 Å². The minimum absolute atomic E-state index is 0.0134. The van der Waals surface area contributed by atoms with Crippen molar-refractivity contribution >= 4 is 21.4 Å². The average Bonchev–Trinajstić information content (AvgIpc) is 2.19. The topological polar surface area (TPSA) is 83.5 Å². The van der Waals surface area contributed by atoms with Crippen molar-refractivity contribution in [1.82, 2.24) is 0 Å². The number of aromatic hydroxyl groups is 1. The summed E-state index contributed by atoms with van der Waals surface area (Å²) in [6, 6.07) is 3.81. The molecule has 6 heteroatoms. The van der Waals surface area contributed by atoms with E-state index in [0.717, 1.165) is 12.3 Å². The van der Waals surface area contributed by atoms with Gasteiger partial charge in [0.25, 0.3) is 0 Å². The van der Waals surface area contributed by atoms with E-state index in [1.807, 2.05) is 0 Å². The molecule has 0 atom stereocenters. The molecule has 0 saturated heterocycles. The molecule has 0 unspecified atom stereocenters. The maximum atomic E-state index is 11.2. The zero-order chi connectivity index (χ0) is 12.3. The Kier molecular flexibility index (Phi) is 3.54. The molecule has 0 heterocycles. The zero-order valence-corrected chi connectivity index (χ0v) is 9.84. The standard InChI is InChI=1S/C10H13NO4S/c1-3-10(13)11-8-5-4-7(6-9(8)12)16(2,14)15/h4-6,12H,3H2,1-2H3,(H,11,13). The molecule has 1 rings (SSSR count). The smallest absolute Gasteiger partial charge is 0.224 e. The van der Waals surface area contributed by atoms with Gasteiger partial charge >= 0.3 is 0 Å². The van der Waals surface area contributed by atoms with Crippen molar-refractivity contribution in [3.63, 3.8) is 0 Å². The summed E-state index contributed by atoms with van der Waals surface area (Å²) in [7, 11) is -3.35. The normalized spacial score (nSPS) is 11.1. The first-order valence-electron chi connectivity index (χ1n) is 4.67. The SMILES string of the molecule is CCC(=O)Nc1ccc(S(C)(=O)=O)cc1O. The Labute approximate surface area is 94.0 Å². The Morgan fingerprint density at radius 1 is 1.44 bits per heavy atom. The van der Waals surface area contributed by atoms with E-state index in [1.54, 1.807) is 6.92 Å². The number of sulfone groups is 1. The fourth-order valence-electron chi connectivity index (χ4n) is 1.09. The highest BCUT2D eigenvalue weighted by molar-refractivity contribution is 7.90. The molecule has 0 bridgehead atoms. The molecule has 0 fully saturated rings. The van der Waals surface area contributed by atoms with Crippen molar-refractivity contribution < 1.29 is 18.3 Å². The van der Waals surface area contributed by atoms with Gasteiger partial charge < -0.3 is 10.4 Å². The third-order valence-corrected chi connectivity index (χ3v) is 3.10. The van der Waals surface area contributed by atoms with Crippen LogP contribution in [0.25, 0.3) is 0 Å². The molecule has 1 aromatic rings. The predicted octanol–water partition coefficient (Wildman–Crippen LogP) is 1.14. The van der Waals surface area contributed by atoms with Crippen LogP contribution in [-0.2, 0) is 14.6 Å². The number of hydrogen-bond acceptors (Lipinski definition) is 4. The van der Waals surface area contributed by atoms with Gasteiger partial charge in [-0.3, -0.25) is 4.79 Å². The fraction of sp³-hybridized carbons (Fsp3) is 0.300. The van der Waals surface area contributed by atoms with Crippen molar-refractivity contribution in [1.29, 1.82) is 0 Å². The Hall–Kier alpha value is -1.56. The summed E-state index contributed by atoms with van der Waals surface area (Å²) in [5.74, 6) is -0.507. The molecule has 16 heavy (non-hydrogen) atoms. The van der Waals surface area contributed by atoms with Gasteiger partial charge in [-0.1, -0.05) is 6.92 Å². The van der Waals surface area contributed by atoms with Gasteiger partial charge in [0.15, 0.2) is 9.84 Å². The first-order chi connectivity index (χ1) is 7.34. The van der Waals surface area contributed by atoms with E-state index in [9.17, 15) is 18.3 Å². The Bertz CT molecular complexity index is 508.